The highest BCUT2D eigenvalue weighted by molar-refractivity contribution is 14.0. The van der Waals surface area contributed by atoms with Gasteiger partial charge in [-0.3, -0.25) is 4.99 Å². The van der Waals surface area contributed by atoms with Gasteiger partial charge in [0.1, 0.15) is 0 Å². The third-order valence-corrected chi connectivity index (χ3v) is 2.90. The summed E-state index contributed by atoms with van der Waals surface area (Å²) < 4.78 is 4.90. The van der Waals surface area contributed by atoms with E-state index in [4.69, 9.17) is 10.5 Å². The molecule has 0 saturated heterocycles. The van der Waals surface area contributed by atoms with Crippen molar-refractivity contribution in [1.82, 2.24) is 10.6 Å². The lowest BCUT2D eigenvalue weighted by Crippen LogP contribution is -2.47. The fraction of sp³-hybridized carbons (Fsp3) is 0.846. The Labute approximate surface area is 138 Å². The van der Waals surface area contributed by atoms with Gasteiger partial charge >= 0.3 is 6.09 Å². The van der Waals surface area contributed by atoms with Crippen LogP contribution in [0.4, 0.5) is 4.79 Å². The first-order valence-electron chi connectivity index (χ1n) is 7.00. The van der Waals surface area contributed by atoms with Gasteiger partial charge in [-0.05, 0) is 31.6 Å². The van der Waals surface area contributed by atoms with E-state index in [9.17, 15) is 4.79 Å². The Kier molecular flexibility index (Phi) is 9.70. The van der Waals surface area contributed by atoms with Crippen molar-refractivity contribution in [2.24, 2.45) is 22.6 Å². The van der Waals surface area contributed by atoms with E-state index >= 15 is 0 Å². The van der Waals surface area contributed by atoms with Crippen molar-refractivity contribution < 1.29 is 9.53 Å². The first kappa shape index (κ1) is 19.3. The number of hydrogen-bond acceptors (Lipinski definition) is 3. The number of nitrogens with one attached hydrogen (secondary N) is 2. The summed E-state index contributed by atoms with van der Waals surface area (Å²) >= 11 is 0. The van der Waals surface area contributed by atoms with Crippen molar-refractivity contribution in [2.75, 3.05) is 19.7 Å². The molecule has 1 fully saturated rings. The van der Waals surface area contributed by atoms with Crippen LogP contribution in [0, 0.1) is 11.8 Å². The quantitative estimate of drug-likeness (QED) is 0.346. The highest BCUT2D eigenvalue weighted by Gasteiger charge is 2.32. The summed E-state index contributed by atoms with van der Waals surface area (Å²) in [5.74, 6) is 1.44. The number of aliphatic imine (C=N–C) groups is 1. The lowest BCUT2D eigenvalue weighted by atomic mass is 10.2. The summed E-state index contributed by atoms with van der Waals surface area (Å²) in [4.78, 5) is 15.7. The molecule has 7 heteroatoms. The number of carbonyl (C=O) groups is 1. The molecule has 0 radical (unpaired) electrons. The Balaban J connectivity index is 0.00000361. The average molecular weight is 398 g/mol. The predicted octanol–water partition coefficient (Wildman–Crippen LogP) is 1.69. The van der Waals surface area contributed by atoms with E-state index in [0.717, 1.165) is 12.8 Å². The van der Waals surface area contributed by atoms with Crippen LogP contribution in [0.5, 0.6) is 0 Å². The molecule has 1 unspecified atom stereocenters. The van der Waals surface area contributed by atoms with Crippen molar-refractivity contribution in [3.63, 3.8) is 0 Å². The highest BCUT2D eigenvalue weighted by atomic mass is 127. The first-order valence-corrected chi connectivity index (χ1v) is 7.00. The minimum absolute atomic E-state index is 0. The Hall–Kier alpha value is -0.730. The lowest BCUT2D eigenvalue weighted by molar-refractivity contribution is 0.146. The number of alkyl carbamates (subject to hydrolysis) is 1. The number of rotatable bonds is 7. The smallest absolute Gasteiger partial charge is 0.407 e. The molecule has 4 N–H and O–H groups in total. The Morgan fingerprint density at radius 1 is 1.45 bits per heavy atom. The molecule has 0 spiro atoms. The second-order valence-corrected chi connectivity index (χ2v) is 5.31. The number of amides is 1. The van der Waals surface area contributed by atoms with E-state index in [1.54, 1.807) is 6.92 Å². The molecule has 1 aliphatic carbocycles. The van der Waals surface area contributed by atoms with Gasteiger partial charge in [0.25, 0.3) is 0 Å². The third-order valence-electron chi connectivity index (χ3n) is 2.90. The summed E-state index contributed by atoms with van der Waals surface area (Å²) in [6.45, 7) is 7.66. The monoisotopic (exact) mass is 398 g/mol. The number of carbonyl (C=O) groups excluding carboxylic acids is 1. The van der Waals surface area contributed by atoms with Gasteiger partial charge in [-0.25, -0.2) is 4.79 Å². The van der Waals surface area contributed by atoms with E-state index in [0.29, 0.717) is 37.5 Å². The Morgan fingerprint density at radius 2 is 2.10 bits per heavy atom. The lowest BCUT2D eigenvalue weighted by Gasteiger charge is -2.18. The predicted molar refractivity (Wildman–Crippen MR) is 91.4 cm³/mol. The summed E-state index contributed by atoms with van der Waals surface area (Å²) in [5.41, 5.74) is 5.78. The van der Waals surface area contributed by atoms with Crippen molar-refractivity contribution in [2.45, 2.75) is 39.7 Å². The molecule has 118 valence electrons. The molecule has 0 aromatic carbocycles. The van der Waals surface area contributed by atoms with Crippen LogP contribution >= 0.6 is 24.0 Å². The van der Waals surface area contributed by atoms with Gasteiger partial charge in [0.2, 0.25) is 0 Å². The summed E-state index contributed by atoms with van der Waals surface area (Å²) in [5, 5.41) is 5.93. The maximum Gasteiger partial charge on any atom is 0.407 e. The van der Waals surface area contributed by atoms with Crippen LogP contribution in [-0.4, -0.2) is 37.8 Å². The zero-order valence-corrected chi connectivity index (χ0v) is 14.8. The highest BCUT2D eigenvalue weighted by Crippen LogP contribution is 2.32. The van der Waals surface area contributed by atoms with Gasteiger partial charge in [0.15, 0.2) is 5.96 Å². The zero-order chi connectivity index (χ0) is 14.3. The van der Waals surface area contributed by atoms with E-state index in [1.165, 1.54) is 0 Å². The van der Waals surface area contributed by atoms with Crippen LogP contribution < -0.4 is 16.4 Å². The molecule has 0 bridgehead atoms. The number of guanidine groups is 1. The molecule has 0 aliphatic heterocycles. The van der Waals surface area contributed by atoms with Crippen molar-refractivity contribution in [3.05, 3.63) is 0 Å². The van der Waals surface area contributed by atoms with E-state index in [2.05, 4.69) is 29.5 Å². The number of hydrogen-bond donors (Lipinski definition) is 3. The van der Waals surface area contributed by atoms with Crippen molar-refractivity contribution in [1.29, 1.82) is 0 Å². The van der Waals surface area contributed by atoms with Crippen LogP contribution in [0.2, 0.25) is 0 Å². The normalized spacial score (nSPS) is 16.3. The minimum atomic E-state index is -0.362. The van der Waals surface area contributed by atoms with E-state index in [-0.39, 0.29) is 36.1 Å². The van der Waals surface area contributed by atoms with E-state index < -0.39 is 0 Å². The molecule has 6 nitrogen and oxygen atoms in total. The fourth-order valence-electron chi connectivity index (χ4n) is 1.71. The average Bonchev–Trinajstić information content (AvgIpc) is 3.16. The fourth-order valence-corrected chi connectivity index (χ4v) is 1.71. The topological polar surface area (TPSA) is 88.7 Å². The van der Waals surface area contributed by atoms with Gasteiger partial charge in [-0.2, -0.15) is 0 Å². The van der Waals surface area contributed by atoms with Crippen LogP contribution in [0.25, 0.3) is 0 Å². The maximum absolute atomic E-state index is 11.4. The molecule has 0 heterocycles. The Morgan fingerprint density at radius 3 is 2.60 bits per heavy atom. The molecular formula is C13H27IN4O2. The second kappa shape index (κ2) is 10.1. The molecule has 1 saturated carbocycles. The molecule has 1 amide bonds. The molecule has 20 heavy (non-hydrogen) atoms. The minimum Gasteiger partial charge on any atom is -0.450 e. The number of ether oxygens (including phenoxy) is 1. The van der Waals surface area contributed by atoms with Crippen LogP contribution in [-0.2, 0) is 4.74 Å². The van der Waals surface area contributed by atoms with Crippen LogP contribution in [0.1, 0.15) is 33.6 Å². The van der Waals surface area contributed by atoms with Gasteiger partial charge in [-0.15, -0.1) is 24.0 Å². The van der Waals surface area contributed by atoms with Gasteiger partial charge in [-0.1, -0.05) is 13.8 Å². The van der Waals surface area contributed by atoms with Gasteiger partial charge in [0, 0.05) is 13.1 Å². The maximum atomic E-state index is 11.4. The van der Waals surface area contributed by atoms with E-state index in [1.807, 2.05) is 0 Å². The number of nitrogens with zero attached hydrogens (tertiary/aromatic N) is 1. The molecule has 0 aromatic rings. The van der Waals surface area contributed by atoms with Gasteiger partial charge in [0.05, 0.1) is 12.6 Å². The number of halogens is 1. The molecular weight excluding hydrogens is 371 g/mol. The Bertz CT molecular complexity index is 319. The van der Waals surface area contributed by atoms with Crippen LogP contribution in [0.3, 0.4) is 0 Å². The van der Waals surface area contributed by atoms with Crippen LogP contribution in [0.15, 0.2) is 4.99 Å². The molecule has 1 atom stereocenters. The number of nitrogens with two attached hydrogens (primary N) is 1. The summed E-state index contributed by atoms with van der Waals surface area (Å²) in [7, 11) is 0. The molecule has 0 aromatic heterocycles. The third kappa shape index (κ3) is 8.44. The first-order chi connectivity index (χ1) is 9.02. The largest absolute Gasteiger partial charge is 0.450 e. The summed E-state index contributed by atoms with van der Waals surface area (Å²) in [6.07, 6.45) is 1.92. The summed E-state index contributed by atoms with van der Waals surface area (Å²) in [6, 6.07) is 0.0619. The van der Waals surface area contributed by atoms with Gasteiger partial charge < -0.3 is 21.1 Å². The zero-order valence-electron chi connectivity index (χ0n) is 12.5. The van der Waals surface area contributed by atoms with Crippen molar-refractivity contribution >= 4 is 36.0 Å². The molecule has 1 rings (SSSR count). The standard InChI is InChI=1S/C13H26N4O2.HI/c1-4-19-13(18)17-11(10-5-6-10)8-16-12(14)15-7-9(2)3;/h9-11H,4-8H2,1-3H3,(H,17,18)(H3,14,15,16);1H. The second-order valence-electron chi connectivity index (χ2n) is 5.31. The van der Waals surface area contributed by atoms with Crippen molar-refractivity contribution in [3.8, 4) is 0 Å². The molecule has 1 aliphatic rings. The SMILES string of the molecule is CCOC(=O)NC(CNC(N)=NCC(C)C)C1CC1.I.